The van der Waals surface area contributed by atoms with Crippen LogP contribution in [0.25, 0.3) is 77.9 Å². The van der Waals surface area contributed by atoms with E-state index < -0.39 is 0 Å². The molecule has 2 aromatic heterocycles. The van der Waals surface area contributed by atoms with E-state index in [1.54, 1.807) is 0 Å². The molecule has 0 atom stereocenters. The number of benzene rings is 9. The first-order chi connectivity index (χ1) is 31.2. The summed E-state index contributed by atoms with van der Waals surface area (Å²) >= 11 is 0. The Balaban J connectivity index is 0.990. The lowest BCUT2D eigenvalue weighted by Crippen LogP contribution is -2.57. The normalized spacial score (nSPS) is 12.3. The molecule has 2 aliphatic heterocycles. The molecule has 4 nitrogen and oxygen atoms in total. The number of rotatable bonds is 6. The van der Waals surface area contributed by atoms with Crippen LogP contribution in [0.3, 0.4) is 0 Å². The van der Waals surface area contributed by atoms with E-state index in [1.807, 2.05) is 0 Å². The maximum Gasteiger partial charge on any atom is 0.260 e. The molecular formula is C58H37BN2O2. The van der Waals surface area contributed by atoms with Gasteiger partial charge in [0.1, 0.15) is 23.0 Å². The number of para-hydroxylation sites is 6. The molecule has 4 heterocycles. The highest BCUT2D eigenvalue weighted by Crippen LogP contribution is 2.47. The molecule has 294 valence electrons. The average Bonchev–Trinajstić information content (AvgIpc) is 3.94. The number of hydrogen-bond acceptors (Lipinski definition) is 2. The van der Waals surface area contributed by atoms with Gasteiger partial charge in [-0.05, 0) is 99.9 Å². The van der Waals surface area contributed by atoms with Gasteiger partial charge in [-0.25, -0.2) is 0 Å². The van der Waals surface area contributed by atoms with Gasteiger partial charge in [0.15, 0.2) is 0 Å². The summed E-state index contributed by atoms with van der Waals surface area (Å²) in [5.74, 6) is 3.41. The van der Waals surface area contributed by atoms with Crippen LogP contribution in [0.4, 0.5) is 0 Å². The van der Waals surface area contributed by atoms with Crippen molar-refractivity contribution in [2.24, 2.45) is 0 Å². The monoisotopic (exact) mass is 804 g/mol. The van der Waals surface area contributed by atoms with Crippen molar-refractivity contribution in [3.05, 3.63) is 224 Å². The first-order valence-electron chi connectivity index (χ1n) is 21.5. The highest BCUT2D eigenvalue weighted by Gasteiger charge is 2.42. The summed E-state index contributed by atoms with van der Waals surface area (Å²) in [5.41, 5.74) is 16.7. The summed E-state index contributed by atoms with van der Waals surface area (Å²) in [6, 6.07) is 80.1. The second kappa shape index (κ2) is 14.2. The van der Waals surface area contributed by atoms with E-state index >= 15 is 0 Å². The zero-order valence-electron chi connectivity index (χ0n) is 34.2. The van der Waals surface area contributed by atoms with E-state index in [0.717, 1.165) is 95.5 Å². The molecule has 0 saturated carbocycles. The van der Waals surface area contributed by atoms with E-state index in [2.05, 4.69) is 234 Å². The zero-order valence-corrected chi connectivity index (χ0v) is 34.2. The molecule has 0 spiro atoms. The van der Waals surface area contributed by atoms with Crippen LogP contribution in [0, 0.1) is 0 Å². The van der Waals surface area contributed by atoms with Crippen molar-refractivity contribution >= 4 is 44.9 Å². The molecule has 11 aromatic rings. The van der Waals surface area contributed by atoms with Crippen molar-refractivity contribution in [3.8, 4) is 79.1 Å². The Labute approximate surface area is 365 Å². The van der Waals surface area contributed by atoms with Gasteiger partial charge in [0, 0.05) is 38.7 Å². The molecule has 9 aromatic carbocycles. The van der Waals surface area contributed by atoms with Crippen molar-refractivity contribution < 1.29 is 9.47 Å². The Morgan fingerprint density at radius 3 is 1.17 bits per heavy atom. The third kappa shape index (κ3) is 5.63. The third-order valence-corrected chi connectivity index (χ3v) is 12.9. The van der Waals surface area contributed by atoms with Crippen molar-refractivity contribution in [3.63, 3.8) is 0 Å². The summed E-state index contributed by atoms with van der Waals surface area (Å²) in [6.07, 6.45) is 0. The van der Waals surface area contributed by atoms with E-state index in [0.29, 0.717) is 0 Å². The van der Waals surface area contributed by atoms with Crippen LogP contribution in [-0.2, 0) is 0 Å². The van der Waals surface area contributed by atoms with Gasteiger partial charge in [0.25, 0.3) is 6.71 Å². The topological polar surface area (TPSA) is 28.3 Å². The minimum atomic E-state index is -0.0645. The van der Waals surface area contributed by atoms with Crippen molar-refractivity contribution in [2.45, 2.75) is 0 Å². The van der Waals surface area contributed by atoms with E-state index in [-0.39, 0.29) is 6.71 Å². The molecule has 0 unspecified atom stereocenters. The highest BCUT2D eigenvalue weighted by molar-refractivity contribution is 6.98. The maximum atomic E-state index is 7.02. The standard InChI is InChI=1S/C58H37BN2O2/c1-3-17-44(18-4-1)60-50-23-11-7-15-42(50)35-52(60)40-31-27-38(28-32-40)46-37-47(58-56-57(46)62-54-25-13-9-21-48(54)59(56)49-22-10-14-26-55(49)63-58)39-29-33-41(34-30-39)53-36-43-16-8-12-24-51(43)61(53)45-19-5-2-6-20-45/h1-37H. The smallest absolute Gasteiger partial charge is 0.260 e. The lowest BCUT2D eigenvalue weighted by Gasteiger charge is -2.35. The van der Waals surface area contributed by atoms with E-state index in [1.165, 1.54) is 21.8 Å². The van der Waals surface area contributed by atoms with E-state index in [4.69, 9.17) is 9.47 Å². The lowest BCUT2D eigenvalue weighted by molar-refractivity contribution is 0.467. The maximum absolute atomic E-state index is 7.02. The summed E-state index contributed by atoms with van der Waals surface area (Å²) in [7, 11) is 0. The SMILES string of the molecule is c1ccc(-n2c(-c3ccc(-c4cc(-c5ccc(-c6cc7ccccc7n6-c6ccccc6)cc5)c5c6c4Oc4ccccc4B6c4ccccc4O5)cc3)cc3ccccc32)cc1. The number of nitrogens with zero attached hydrogens (tertiary/aromatic N) is 2. The first-order valence-corrected chi connectivity index (χ1v) is 21.5. The summed E-state index contributed by atoms with van der Waals surface area (Å²) in [4.78, 5) is 0. The molecule has 0 bridgehead atoms. The molecule has 2 aliphatic rings. The van der Waals surface area contributed by atoms with Gasteiger partial charge in [-0.15, -0.1) is 0 Å². The Kier molecular flexibility index (Phi) is 7.97. The van der Waals surface area contributed by atoms with E-state index in [9.17, 15) is 0 Å². The Morgan fingerprint density at radius 2 is 0.714 bits per heavy atom. The quantitative estimate of drug-likeness (QED) is 0.157. The van der Waals surface area contributed by atoms with Crippen molar-refractivity contribution in [2.75, 3.05) is 0 Å². The van der Waals surface area contributed by atoms with Gasteiger partial charge >= 0.3 is 0 Å². The molecule has 0 N–H and O–H groups in total. The fraction of sp³-hybridized carbons (Fsp3) is 0. The summed E-state index contributed by atoms with van der Waals surface area (Å²) < 4.78 is 18.8. The number of aromatic nitrogens is 2. The fourth-order valence-corrected chi connectivity index (χ4v) is 9.99. The largest absolute Gasteiger partial charge is 0.458 e. The zero-order chi connectivity index (χ0) is 41.4. The molecule has 0 aliphatic carbocycles. The second-order valence-corrected chi connectivity index (χ2v) is 16.4. The minimum absolute atomic E-state index is 0.0645. The Bertz CT molecular complexity index is 3320. The highest BCUT2D eigenvalue weighted by atomic mass is 16.5. The van der Waals surface area contributed by atoms with Gasteiger partial charge in [0.05, 0.1) is 22.4 Å². The third-order valence-electron chi connectivity index (χ3n) is 12.9. The molecule has 63 heavy (non-hydrogen) atoms. The molecule has 5 heteroatoms. The van der Waals surface area contributed by atoms with Crippen molar-refractivity contribution in [1.82, 2.24) is 9.13 Å². The van der Waals surface area contributed by atoms with Crippen LogP contribution in [0.2, 0.25) is 0 Å². The second-order valence-electron chi connectivity index (χ2n) is 16.4. The van der Waals surface area contributed by atoms with Gasteiger partial charge in [-0.1, -0.05) is 158 Å². The predicted molar refractivity (Wildman–Crippen MR) is 260 cm³/mol. The van der Waals surface area contributed by atoms with Crippen LogP contribution < -0.4 is 25.9 Å². The fourth-order valence-electron chi connectivity index (χ4n) is 9.99. The Morgan fingerprint density at radius 1 is 0.333 bits per heavy atom. The molecule has 0 fully saturated rings. The number of hydrogen-bond donors (Lipinski definition) is 0. The van der Waals surface area contributed by atoms with Crippen LogP contribution in [-0.4, -0.2) is 15.8 Å². The average molecular weight is 805 g/mol. The van der Waals surface area contributed by atoms with Crippen molar-refractivity contribution in [1.29, 1.82) is 0 Å². The van der Waals surface area contributed by atoms with Gasteiger partial charge < -0.3 is 18.6 Å². The van der Waals surface area contributed by atoms with Crippen LogP contribution in [0.15, 0.2) is 224 Å². The molecule has 0 amide bonds. The van der Waals surface area contributed by atoms with Crippen LogP contribution in [0.1, 0.15) is 0 Å². The molecular weight excluding hydrogens is 767 g/mol. The van der Waals surface area contributed by atoms with Crippen LogP contribution in [0.5, 0.6) is 23.0 Å². The van der Waals surface area contributed by atoms with Crippen LogP contribution >= 0.6 is 0 Å². The predicted octanol–water partition coefficient (Wildman–Crippen LogP) is 13.0. The molecule has 0 saturated heterocycles. The summed E-state index contributed by atoms with van der Waals surface area (Å²) in [5, 5.41) is 2.41. The summed E-state index contributed by atoms with van der Waals surface area (Å²) in [6.45, 7) is -0.0645. The molecule has 13 rings (SSSR count). The number of fused-ring (bicyclic) bond motifs is 6. The van der Waals surface area contributed by atoms with Gasteiger partial charge in [-0.3, -0.25) is 0 Å². The van der Waals surface area contributed by atoms with Gasteiger partial charge in [-0.2, -0.15) is 0 Å². The Hall–Kier alpha value is -8.28. The van der Waals surface area contributed by atoms with Gasteiger partial charge in [0.2, 0.25) is 0 Å². The first kappa shape index (κ1) is 35.5. The number of ether oxygens (including phenoxy) is 2. The molecule has 0 radical (unpaired) electrons. The minimum Gasteiger partial charge on any atom is -0.458 e. The lowest BCUT2D eigenvalue weighted by atomic mass is 9.34.